The zero-order valence-electron chi connectivity index (χ0n) is 9.00. The monoisotopic (exact) mass is 238 g/mol. The molecule has 1 aromatic carbocycles. The third kappa shape index (κ3) is 2.74. The Bertz CT molecular complexity index is 375. The van der Waals surface area contributed by atoms with Crippen molar-refractivity contribution in [3.05, 3.63) is 29.3 Å². The molecule has 2 N–H and O–H groups in total. The van der Waals surface area contributed by atoms with E-state index in [0.29, 0.717) is 10.7 Å². The average Bonchev–Trinajstić information content (AvgIpc) is 2.33. The predicted molar refractivity (Wildman–Crippen MR) is 65.7 cm³/mol. The van der Waals surface area contributed by atoms with Crippen molar-refractivity contribution >= 4 is 23.2 Å². The molecule has 0 radical (unpaired) electrons. The third-order valence-corrected chi connectivity index (χ3v) is 3.13. The topological polar surface area (TPSA) is 41.1 Å². The first-order chi connectivity index (χ1) is 7.77. The summed E-state index contributed by atoms with van der Waals surface area (Å²) in [4.78, 5) is 11.9. The van der Waals surface area contributed by atoms with Crippen molar-refractivity contribution in [1.82, 2.24) is 5.32 Å². The fourth-order valence-corrected chi connectivity index (χ4v) is 2.06. The Morgan fingerprint density at radius 2 is 2.25 bits per heavy atom. The Balaban J connectivity index is 1.99. The average molecular weight is 239 g/mol. The maximum Gasteiger partial charge on any atom is 0.228 e. The Kier molecular flexibility index (Phi) is 3.80. The highest BCUT2D eigenvalue weighted by molar-refractivity contribution is 6.33. The van der Waals surface area contributed by atoms with E-state index in [4.69, 9.17) is 11.6 Å². The minimum absolute atomic E-state index is 0.0558. The second-order valence-electron chi connectivity index (χ2n) is 4.01. The van der Waals surface area contributed by atoms with Gasteiger partial charge in [-0.3, -0.25) is 4.79 Å². The molecule has 1 heterocycles. The number of anilines is 1. The Hall–Kier alpha value is -1.06. The molecule has 1 amide bonds. The van der Waals surface area contributed by atoms with E-state index >= 15 is 0 Å². The van der Waals surface area contributed by atoms with Crippen LogP contribution in [0.5, 0.6) is 0 Å². The van der Waals surface area contributed by atoms with Crippen LogP contribution < -0.4 is 10.6 Å². The lowest BCUT2D eigenvalue weighted by Gasteiger charge is -2.22. The van der Waals surface area contributed by atoms with Crippen LogP contribution in [-0.4, -0.2) is 19.0 Å². The van der Waals surface area contributed by atoms with Gasteiger partial charge in [-0.15, -0.1) is 0 Å². The van der Waals surface area contributed by atoms with Crippen molar-refractivity contribution in [2.45, 2.75) is 12.8 Å². The first kappa shape index (κ1) is 11.4. The number of carbonyl (C=O) groups excluding carboxylic acids is 1. The molecule has 86 valence electrons. The zero-order chi connectivity index (χ0) is 11.4. The standard InChI is InChI=1S/C12H15ClN2O/c13-10-5-1-2-6-11(10)15-12(16)9-4-3-7-14-8-9/h1-2,5-6,9,14H,3-4,7-8H2,(H,15,16). The summed E-state index contributed by atoms with van der Waals surface area (Å²) >= 11 is 5.98. The molecule has 1 aliphatic rings. The van der Waals surface area contributed by atoms with Gasteiger partial charge < -0.3 is 10.6 Å². The molecule has 0 aromatic heterocycles. The van der Waals surface area contributed by atoms with Gasteiger partial charge in [-0.05, 0) is 31.5 Å². The van der Waals surface area contributed by atoms with Crippen LogP contribution in [0, 0.1) is 5.92 Å². The first-order valence-corrected chi connectivity index (χ1v) is 5.91. The van der Waals surface area contributed by atoms with E-state index in [0.717, 1.165) is 25.9 Å². The number of hydrogen-bond donors (Lipinski definition) is 2. The first-order valence-electron chi connectivity index (χ1n) is 5.53. The lowest BCUT2D eigenvalue weighted by atomic mass is 9.99. The summed E-state index contributed by atoms with van der Waals surface area (Å²) in [6.07, 6.45) is 2.00. The number of piperidine rings is 1. The predicted octanol–water partition coefficient (Wildman–Crippen LogP) is 2.28. The summed E-state index contributed by atoms with van der Waals surface area (Å²) in [5, 5.41) is 6.67. The van der Waals surface area contributed by atoms with Gasteiger partial charge in [-0.1, -0.05) is 23.7 Å². The summed E-state index contributed by atoms with van der Waals surface area (Å²) in [5.41, 5.74) is 0.694. The summed E-state index contributed by atoms with van der Waals surface area (Å²) in [7, 11) is 0. The van der Waals surface area contributed by atoms with Crippen LogP contribution >= 0.6 is 11.6 Å². The highest BCUT2D eigenvalue weighted by atomic mass is 35.5. The van der Waals surface area contributed by atoms with Gasteiger partial charge >= 0.3 is 0 Å². The van der Waals surface area contributed by atoms with E-state index < -0.39 is 0 Å². The molecular weight excluding hydrogens is 224 g/mol. The number of carbonyl (C=O) groups is 1. The minimum atomic E-state index is 0.0558. The van der Waals surface area contributed by atoms with Crippen LogP contribution in [-0.2, 0) is 4.79 Å². The van der Waals surface area contributed by atoms with Gasteiger partial charge in [0.1, 0.15) is 0 Å². The Morgan fingerprint density at radius 1 is 1.44 bits per heavy atom. The van der Waals surface area contributed by atoms with E-state index in [2.05, 4.69) is 10.6 Å². The number of hydrogen-bond acceptors (Lipinski definition) is 2. The van der Waals surface area contributed by atoms with E-state index in [1.807, 2.05) is 18.2 Å². The maximum atomic E-state index is 11.9. The molecule has 4 heteroatoms. The normalized spacial score (nSPS) is 20.4. The van der Waals surface area contributed by atoms with Crippen LogP contribution in [0.3, 0.4) is 0 Å². The molecule has 0 bridgehead atoms. The molecule has 1 saturated heterocycles. The minimum Gasteiger partial charge on any atom is -0.324 e. The molecule has 3 nitrogen and oxygen atoms in total. The highest BCUT2D eigenvalue weighted by Crippen LogP contribution is 2.22. The summed E-state index contributed by atoms with van der Waals surface area (Å²) in [6, 6.07) is 7.30. The fourth-order valence-electron chi connectivity index (χ4n) is 1.87. The lowest BCUT2D eigenvalue weighted by Crippen LogP contribution is -2.37. The van der Waals surface area contributed by atoms with E-state index in [9.17, 15) is 4.79 Å². The van der Waals surface area contributed by atoms with Gasteiger partial charge in [0, 0.05) is 6.54 Å². The van der Waals surface area contributed by atoms with Gasteiger partial charge in [-0.2, -0.15) is 0 Å². The summed E-state index contributed by atoms with van der Waals surface area (Å²) in [5.74, 6) is 0.116. The zero-order valence-corrected chi connectivity index (χ0v) is 9.76. The van der Waals surface area contributed by atoms with Crippen molar-refractivity contribution < 1.29 is 4.79 Å². The second kappa shape index (κ2) is 5.32. The molecular formula is C12H15ClN2O. The molecule has 1 aromatic rings. The molecule has 1 atom stereocenters. The van der Waals surface area contributed by atoms with Crippen molar-refractivity contribution in [2.75, 3.05) is 18.4 Å². The number of para-hydroxylation sites is 1. The van der Waals surface area contributed by atoms with Crippen molar-refractivity contribution in [3.63, 3.8) is 0 Å². The van der Waals surface area contributed by atoms with Crippen LogP contribution in [0.1, 0.15) is 12.8 Å². The van der Waals surface area contributed by atoms with Gasteiger partial charge in [0.15, 0.2) is 0 Å². The van der Waals surface area contributed by atoms with Crippen LogP contribution in [0.25, 0.3) is 0 Å². The van der Waals surface area contributed by atoms with Crippen molar-refractivity contribution in [3.8, 4) is 0 Å². The number of halogens is 1. The Labute approximate surface area is 100 Å². The van der Waals surface area contributed by atoms with Gasteiger partial charge in [0.05, 0.1) is 16.6 Å². The highest BCUT2D eigenvalue weighted by Gasteiger charge is 2.21. The van der Waals surface area contributed by atoms with Crippen LogP contribution in [0.15, 0.2) is 24.3 Å². The third-order valence-electron chi connectivity index (χ3n) is 2.80. The molecule has 0 saturated carbocycles. The van der Waals surface area contributed by atoms with Crippen molar-refractivity contribution in [2.24, 2.45) is 5.92 Å². The summed E-state index contributed by atoms with van der Waals surface area (Å²) < 4.78 is 0. The van der Waals surface area contributed by atoms with E-state index in [1.54, 1.807) is 6.07 Å². The fraction of sp³-hybridized carbons (Fsp3) is 0.417. The largest absolute Gasteiger partial charge is 0.324 e. The van der Waals surface area contributed by atoms with Crippen LogP contribution in [0.2, 0.25) is 5.02 Å². The summed E-state index contributed by atoms with van der Waals surface area (Å²) in [6.45, 7) is 1.77. The number of amides is 1. The second-order valence-corrected chi connectivity index (χ2v) is 4.42. The molecule has 1 fully saturated rings. The maximum absolute atomic E-state index is 11.9. The smallest absolute Gasteiger partial charge is 0.228 e. The molecule has 1 aliphatic heterocycles. The SMILES string of the molecule is O=C(Nc1ccccc1Cl)C1CCCNC1. The van der Waals surface area contributed by atoms with E-state index in [1.165, 1.54) is 0 Å². The van der Waals surface area contributed by atoms with E-state index in [-0.39, 0.29) is 11.8 Å². The van der Waals surface area contributed by atoms with Gasteiger partial charge in [0.2, 0.25) is 5.91 Å². The number of benzene rings is 1. The molecule has 16 heavy (non-hydrogen) atoms. The number of nitrogens with one attached hydrogen (secondary N) is 2. The molecule has 1 unspecified atom stereocenters. The molecule has 0 aliphatic carbocycles. The number of rotatable bonds is 2. The van der Waals surface area contributed by atoms with Gasteiger partial charge in [-0.25, -0.2) is 0 Å². The Morgan fingerprint density at radius 3 is 2.94 bits per heavy atom. The van der Waals surface area contributed by atoms with Gasteiger partial charge in [0.25, 0.3) is 0 Å². The quantitative estimate of drug-likeness (QED) is 0.830. The lowest BCUT2D eigenvalue weighted by molar-refractivity contribution is -0.120. The van der Waals surface area contributed by atoms with Crippen molar-refractivity contribution in [1.29, 1.82) is 0 Å². The molecule has 0 spiro atoms. The molecule has 2 rings (SSSR count). The van der Waals surface area contributed by atoms with Crippen LogP contribution in [0.4, 0.5) is 5.69 Å².